The van der Waals surface area contributed by atoms with Gasteiger partial charge < -0.3 is 20.7 Å². The van der Waals surface area contributed by atoms with Crippen LogP contribution in [0.2, 0.25) is 0 Å². The highest BCUT2D eigenvalue weighted by Crippen LogP contribution is 2.25. The summed E-state index contributed by atoms with van der Waals surface area (Å²) < 4.78 is 4.76. The lowest BCUT2D eigenvalue weighted by Gasteiger charge is -2.27. The highest BCUT2D eigenvalue weighted by molar-refractivity contribution is 5.87. The van der Waals surface area contributed by atoms with E-state index in [9.17, 15) is 14.4 Å². The Morgan fingerprint density at radius 1 is 1.38 bits per heavy atom. The number of nitrogens with zero attached hydrogens (tertiary/aromatic N) is 1. The van der Waals surface area contributed by atoms with Gasteiger partial charge in [0.1, 0.15) is 6.04 Å². The molecule has 0 aromatic rings. The second-order valence-electron chi connectivity index (χ2n) is 5.72. The van der Waals surface area contributed by atoms with E-state index in [2.05, 4.69) is 5.32 Å². The number of likely N-dealkylation sites (tertiary alicyclic amines) is 1. The number of carbonyl (C=O) groups excluding carboxylic acids is 3. The van der Waals surface area contributed by atoms with Crippen molar-refractivity contribution in [2.45, 2.75) is 33.2 Å². The van der Waals surface area contributed by atoms with Crippen LogP contribution in [0, 0.1) is 17.8 Å². The van der Waals surface area contributed by atoms with Crippen LogP contribution >= 0.6 is 0 Å². The number of methoxy groups -OCH3 is 1. The number of ether oxygens (including phenoxy) is 1. The molecule has 1 fully saturated rings. The number of nitrogens with two attached hydrogens (primary N) is 1. The molecule has 0 spiro atoms. The van der Waals surface area contributed by atoms with Crippen LogP contribution in [0.25, 0.3) is 0 Å². The first-order valence-electron chi connectivity index (χ1n) is 7.24. The van der Waals surface area contributed by atoms with E-state index >= 15 is 0 Å². The maximum atomic E-state index is 12.6. The maximum absolute atomic E-state index is 12.6. The molecular weight excluding hydrogens is 274 g/mol. The van der Waals surface area contributed by atoms with Crippen molar-refractivity contribution in [3.8, 4) is 0 Å². The van der Waals surface area contributed by atoms with Crippen molar-refractivity contribution in [3.63, 3.8) is 0 Å². The van der Waals surface area contributed by atoms with E-state index in [4.69, 9.17) is 10.5 Å². The van der Waals surface area contributed by atoms with Crippen molar-refractivity contribution >= 4 is 17.9 Å². The molecule has 4 unspecified atom stereocenters. The Morgan fingerprint density at radius 2 is 2.00 bits per heavy atom. The Hall–Kier alpha value is -1.79. The zero-order chi connectivity index (χ0) is 16.2. The third-order valence-corrected chi connectivity index (χ3v) is 4.20. The molecule has 21 heavy (non-hydrogen) atoms. The molecule has 7 heteroatoms. The van der Waals surface area contributed by atoms with Crippen LogP contribution in [-0.2, 0) is 14.3 Å². The van der Waals surface area contributed by atoms with Crippen LogP contribution < -0.4 is 11.1 Å². The third-order valence-electron chi connectivity index (χ3n) is 4.20. The normalized spacial score (nSPS) is 24.3. The Kier molecular flexibility index (Phi) is 5.99. The molecule has 1 saturated heterocycles. The fraction of sp³-hybridized carbons (Fsp3) is 0.786. The lowest BCUT2D eigenvalue weighted by Crippen LogP contribution is -2.52. The molecule has 1 heterocycles. The monoisotopic (exact) mass is 299 g/mol. The largest absolute Gasteiger partial charge is 0.469 e. The number of nitrogens with one attached hydrogen (secondary N) is 1. The van der Waals surface area contributed by atoms with Crippen LogP contribution in [0.3, 0.4) is 0 Å². The first-order valence-corrected chi connectivity index (χ1v) is 7.24. The van der Waals surface area contributed by atoms with E-state index in [0.29, 0.717) is 13.1 Å². The minimum Gasteiger partial charge on any atom is -0.469 e. The molecule has 0 saturated carbocycles. The molecule has 1 rings (SSSR count). The number of rotatable bonds is 5. The van der Waals surface area contributed by atoms with Gasteiger partial charge in [-0.1, -0.05) is 27.2 Å². The molecule has 120 valence electrons. The highest BCUT2D eigenvalue weighted by atomic mass is 16.5. The second-order valence-corrected chi connectivity index (χ2v) is 5.72. The van der Waals surface area contributed by atoms with Gasteiger partial charge in [-0.05, 0) is 11.8 Å². The van der Waals surface area contributed by atoms with Gasteiger partial charge in [-0.25, -0.2) is 4.79 Å². The Morgan fingerprint density at radius 3 is 2.48 bits per heavy atom. The first-order chi connectivity index (χ1) is 9.81. The van der Waals surface area contributed by atoms with Crippen LogP contribution in [0.5, 0.6) is 0 Å². The summed E-state index contributed by atoms with van der Waals surface area (Å²) in [6.45, 7) is 6.54. The zero-order valence-corrected chi connectivity index (χ0v) is 13.1. The fourth-order valence-corrected chi connectivity index (χ4v) is 2.64. The van der Waals surface area contributed by atoms with E-state index in [0.717, 1.165) is 6.42 Å². The minimum atomic E-state index is -0.717. The van der Waals surface area contributed by atoms with Crippen LogP contribution in [0.4, 0.5) is 4.79 Å². The Labute approximate surface area is 125 Å². The topological polar surface area (TPSA) is 102 Å². The van der Waals surface area contributed by atoms with Crippen LogP contribution in [-0.4, -0.2) is 49.0 Å². The van der Waals surface area contributed by atoms with E-state index < -0.39 is 12.1 Å². The van der Waals surface area contributed by atoms with E-state index in [-0.39, 0.29) is 29.6 Å². The van der Waals surface area contributed by atoms with Crippen molar-refractivity contribution in [2.75, 3.05) is 20.2 Å². The molecule has 3 N–H and O–H groups in total. The number of esters is 1. The number of carbonyl (C=O) groups is 3. The molecule has 4 atom stereocenters. The van der Waals surface area contributed by atoms with Gasteiger partial charge in [0.2, 0.25) is 5.91 Å². The summed E-state index contributed by atoms with van der Waals surface area (Å²) in [5.41, 5.74) is 5.15. The maximum Gasteiger partial charge on any atom is 0.312 e. The standard InChI is InChI=1S/C14H25N3O4/c1-5-8(2)11(16-14(15)20)12(18)17-6-9(3)10(7-17)13(19)21-4/h8-11H,5-7H2,1-4H3,(H3,15,16,20). The second kappa shape index (κ2) is 7.28. The summed E-state index contributed by atoms with van der Waals surface area (Å²) in [5, 5.41) is 2.51. The lowest BCUT2D eigenvalue weighted by molar-refractivity contribution is -0.146. The SMILES string of the molecule is CCC(C)C(NC(N)=O)C(=O)N1CC(C)C(C(=O)OC)C1. The molecule has 0 aliphatic carbocycles. The summed E-state index contributed by atoms with van der Waals surface area (Å²) in [6.07, 6.45) is 0.737. The van der Waals surface area contributed by atoms with E-state index in [1.807, 2.05) is 20.8 Å². The van der Waals surface area contributed by atoms with E-state index in [1.165, 1.54) is 7.11 Å². The number of primary amides is 1. The molecule has 0 bridgehead atoms. The highest BCUT2D eigenvalue weighted by Gasteiger charge is 2.40. The van der Waals surface area contributed by atoms with Crippen LogP contribution in [0.1, 0.15) is 27.2 Å². The first kappa shape index (κ1) is 17.3. The molecule has 0 aromatic heterocycles. The van der Waals surface area contributed by atoms with E-state index in [1.54, 1.807) is 4.90 Å². The molecule has 1 aliphatic rings. The number of urea groups is 1. The minimum absolute atomic E-state index is 0.0301. The lowest BCUT2D eigenvalue weighted by atomic mass is 9.98. The summed E-state index contributed by atoms with van der Waals surface area (Å²) in [5.74, 6) is -0.808. The molecule has 0 radical (unpaired) electrons. The summed E-state index contributed by atoms with van der Waals surface area (Å²) >= 11 is 0. The Balaban J connectivity index is 2.81. The smallest absolute Gasteiger partial charge is 0.312 e. The number of hydrogen-bond acceptors (Lipinski definition) is 4. The molecule has 0 aromatic carbocycles. The number of amides is 3. The zero-order valence-electron chi connectivity index (χ0n) is 13.1. The van der Waals surface area contributed by atoms with Gasteiger partial charge in [-0.2, -0.15) is 0 Å². The number of hydrogen-bond donors (Lipinski definition) is 2. The third kappa shape index (κ3) is 4.09. The summed E-state index contributed by atoms with van der Waals surface area (Å²) in [7, 11) is 1.34. The van der Waals surface area contributed by atoms with Crippen molar-refractivity contribution < 1.29 is 19.1 Å². The average Bonchev–Trinajstić information content (AvgIpc) is 2.84. The van der Waals surface area contributed by atoms with Crippen molar-refractivity contribution in [3.05, 3.63) is 0 Å². The van der Waals surface area contributed by atoms with Gasteiger partial charge in [0.25, 0.3) is 0 Å². The van der Waals surface area contributed by atoms with Crippen molar-refractivity contribution in [2.24, 2.45) is 23.5 Å². The molecule has 7 nitrogen and oxygen atoms in total. The predicted octanol–water partition coefficient (Wildman–Crippen LogP) is 0.337. The summed E-state index contributed by atoms with van der Waals surface area (Å²) in [6, 6.07) is -1.37. The molecule has 3 amide bonds. The van der Waals surface area contributed by atoms with Gasteiger partial charge in [0.05, 0.1) is 13.0 Å². The summed E-state index contributed by atoms with van der Waals surface area (Å²) in [4.78, 5) is 37.0. The fourth-order valence-electron chi connectivity index (χ4n) is 2.64. The quantitative estimate of drug-likeness (QED) is 0.714. The van der Waals surface area contributed by atoms with Crippen LogP contribution in [0.15, 0.2) is 0 Å². The average molecular weight is 299 g/mol. The van der Waals surface area contributed by atoms with Gasteiger partial charge >= 0.3 is 12.0 Å². The van der Waals surface area contributed by atoms with Gasteiger partial charge in [-0.15, -0.1) is 0 Å². The van der Waals surface area contributed by atoms with Gasteiger partial charge in [-0.3, -0.25) is 9.59 Å². The Bertz CT molecular complexity index is 413. The van der Waals surface area contributed by atoms with Gasteiger partial charge in [0, 0.05) is 13.1 Å². The molecular formula is C14H25N3O4. The molecule has 1 aliphatic heterocycles. The predicted molar refractivity (Wildman–Crippen MR) is 77.2 cm³/mol. The van der Waals surface area contributed by atoms with Crippen molar-refractivity contribution in [1.29, 1.82) is 0 Å². The van der Waals surface area contributed by atoms with Gasteiger partial charge in [0.15, 0.2) is 0 Å². The van der Waals surface area contributed by atoms with Crippen molar-refractivity contribution in [1.82, 2.24) is 10.2 Å².